The largest absolute Gasteiger partial charge is 0.344 e. The molecule has 1 heterocycles. The van der Waals surface area contributed by atoms with Crippen LogP contribution in [-0.2, 0) is 39.8 Å². The topological polar surface area (TPSA) is 3.88 Å². The Kier molecular flexibility index (Phi) is 5.08. The Morgan fingerprint density at radius 2 is 1.90 bits per heavy atom. The summed E-state index contributed by atoms with van der Waals surface area (Å²) in [4.78, 5) is 0. The van der Waals surface area contributed by atoms with Gasteiger partial charge in [0.25, 0.3) is 0 Å². The first-order valence-corrected chi connectivity index (χ1v) is 6.66. The van der Waals surface area contributed by atoms with E-state index in [0.717, 1.165) is 11.3 Å². The van der Waals surface area contributed by atoms with Crippen molar-refractivity contribution >= 4 is 16.8 Å². The number of aromatic nitrogens is 1. The summed E-state index contributed by atoms with van der Waals surface area (Å²) in [6.45, 7) is 7.92. The van der Waals surface area contributed by atoms with Gasteiger partial charge in [-0.25, -0.2) is 11.6 Å². The second-order valence-electron chi connectivity index (χ2n) is 4.98. The average Bonchev–Trinajstić information content (AvgIpc) is 2.48. The molecule has 1 aromatic heterocycles. The zero-order valence-electron chi connectivity index (χ0n) is 12.3. The van der Waals surface area contributed by atoms with E-state index in [1.807, 2.05) is 19.3 Å². The Bertz CT molecular complexity index is 806. The summed E-state index contributed by atoms with van der Waals surface area (Å²) in [5.41, 5.74) is 4.49. The minimum absolute atomic E-state index is 0. The molecule has 0 atom stereocenters. The van der Waals surface area contributed by atoms with Gasteiger partial charge in [-0.15, -0.1) is 6.07 Å². The molecule has 2 aromatic carbocycles. The molecule has 0 N–H and O–H groups in total. The van der Waals surface area contributed by atoms with E-state index in [4.69, 9.17) is 6.58 Å². The van der Waals surface area contributed by atoms with Gasteiger partial charge in [0.2, 0.25) is 0 Å². The summed E-state index contributed by atoms with van der Waals surface area (Å²) in [5.74, 6) is 0. The Balaban J connectivity index is 0.00000161. The summed E-state index contributed by atoms with van der Waals surface area (Å²) in [6, 6.07) is 17.9. The van der Waals surface area contributed by atoms with Crippen LogP contribution in [0, 0.1) is 19.6 Å². The van der Waals surface area contributed by atoms with E-state index >= 15 is 0 Å². The number of hydrogen-bond acceptors (Lipinski definition) is 0. The normalized spacial score (nSPS) is 10.2. The van der Waals surface area contributed by atoms with Crippen LogP contribution in [0.15, 0.2) is 48.7 Å². The molecule has 2 heteroatoms. The van der Waals surface area contributed by atoms with E-state index in [1.165, 1.54) is 21.9 Å². The molecule has 1 radical (unpaired) electrons. The number of rotatable bonds is 2. The Morgan fingerprint density at radius 3 is 2.67 bits per heavy atom. The maximum Gasteiger partial charge on any atom is 0.119 e. The maximum atomic E-state index is 5.78. The van der Waals surface area contributed by atoms with Gasteiger partial charge < -0.3 is 12.7 Å². The first-order valence-electron chi connectivity index (χ1n) is 6.66. The number of nitrogens with zero attached hydrogens (tertiary/aromatic N) is 1. The van der Waals surface area contributed by atoms with Crippen molar-refractivity contribution in [2.45, 2.75) is 6.92 Å². The van der Waals surface area contributed by atoms with E-state index < -0.39 is 0 Å². The minimum atomic E-state index is 0. The van der Waals surface area contributed by atoms with Crippen molar-refractivity contribution < 1.29 is 37.3 Å². The number of hydrogen-bond donors (Lipinski definition) is 0. The second-order valence-corrected chi connectivity index (χ2v) is 4.98. The quantitative estimate of drug-likeness (QED) is 0.489. The van der Waals surface area contributed by atoms with Gasteiger partial charge in [0, 0.05) is 32.7 Å². The third-order valence-electron chi connectivity index (χ3n) is 3.69. The van der Waals surface area contributed by atoms with Crippen LogP contribution in [0.1, 0.15) is 11.1 Å². The summed E-state index contributed by atoms with van der Waals surface area (Å²) >= 11 is 0. The van der Waals surface area contributed by atoms with Crippen molar-refractivity contribution in [1.82, 2.24) is 0 Å². The average molecular weight is 347 g/mol. The number of pyridine rings is 1. The molecule has 0 spiro atoms. The fourth-order valence-electron chi connectivity index (χ4n) is 2.70. The molecule has 0 bridgehead atoms. The zero-order valence-corrected chi connectivity index (χ0v) is 15.1. The number of fused-ring (bicyclic) bond motifs is 1. The molecule has 0 fully saturated rings. The molecule has 101 valence electrons. The van der Waals surface area contributed by atoms with Crippen LogP contribution in [0.4, 0.5) is 0 Å². The van der Waals surface area contributed by atoms with Gasteiger partial charge >= 0.3 is 0 Å². The van der Waals surface area contributed by atoms with E-state index in [-0.39, 0.29) is 32.7 Å². The zero-order chi connectivity index (χ0) is 14.1. The predicted octanol–water partition coefficient (Wildman–Crippen LogP) is 3.88. The third kappa shape index (κ3) is 2.86. The molecule has 1 nitrogen and oxygen atoms in total. The van der Waals surface area contributed by atoms with Gasteiger partial charge in [0.15, 0.2) is 0 Å². The maximum absolute atomic E-state index is 5.78. The van der Waals surface area contributed by atoms with Crippen LogP contribution in [0.25, 0.3) is 28.1 Å². The summed E-state index contributed by atoms with van der Waals surface area (Å²) in [7, 11) is 2.04. The Labute approximate surface area is 151 Å². The van der Waals surface area contributed by atoms with Crippen molar-refractivity contribution in [2.24, 2.45) is 7.05 Å². The second kappa shape index (κ2) is 6.64. The monoisotopic (exact) mass is 347 g/mol. The molecule has 21 heavy (non-hydrogen) atoms. The Morgan fingerprint density at radius 1 is 1.14 bits per heavy atom. The van der Waals surface area contributed by atoms with Gasteiger partial charge in [-0.3, -0.25) is 4.57 Å². The first kappa shape index (κ1) is 16.1. The van der Waals surface area contributed by atoms with Crippen LogP contribution >= 0.6 is 0 Å². The number of aryl methyl sites for hydroxylation is 2. The molecule has 0 amide bonds. The molecule has 3 aromatic rings. The van der Waals surface area contributed by atoms with E-state index in [1.54, 1.807) is 6.08 Å². The summed E-state index contributed by atoms with van der Waals surface area (Å²) in [6.07, 6.45) is 3.63. The molecular formula is C19H16NY-. The third-order valence-corrected chi connectivity index (χ3v) is 3.69. The van der Waals surface area contributed by atoms with Gasteiger partial charge in [0.1, 0.15) is 7.05 Å². The molecular weight excluding hydrogens is 331 g/mol. The van der Waals surface area contributed by atoms with Crippen LogP contribution in [-0.4, -0.2) is 0 Å². The van der Waals surface area contributed by atoms with E-state index in [2.05, 4.69) is 54.0 Å². The standard InChI is InChI=1S/C19H16N.Y/c1-4-15-9-7-13-20(3)19(15)18-14(2)11-12-16-8-5-6-10-17(16)18;/h1,4-8,10-13H,2-3H3;/q-1;. The van der Waals surface area contributed by atoms with Crippen molar-refractivity contribution in [2.75, 3.05) is 0 Å². The van der Waals surface area contributed by atoms with Gasteiger partial charge in [-0.2, -0.15) is 0 Å². The molecule has 0 aliphatic heterocycles. The van der Waals surface area contributed by atoms with Crippen LogP contribution in [0.3, 0.4) is 0 Å². The Hall–Kier alpha value is -1.31. The fourth-order valence-corrected chi connectivity index (χ4v) is 2.70. The molecule has 0 aliphatic carbocycles. The van der Waals surface area contributed by atoms with Crippen LogP contribution in [0.5, 0.6) is 0 Å². The first-order chi connectivity index (χ1) is 9.72. The van der Waals surface area contributed by atoms with Crippen molar-refractivity contribution in [3.63, 3.8) is 0 Å². The van der Waals surface area contributed by atoms with Gasteiger partial charge in [-0.1, -0.05) is 36.4 Å². The predicted molar refractivity (Wildman–Crippen MR) is 82.9 cm³/mol. The molecule has 0 aliphatic rings. The summed E-state index contributed by atoms with van der Waals surface area (Å²) in [5, 5.41) is 2.48. The fraction of sp³-hybridized carbons (Fsp3) is 0.105. The van der Waals surface area contributed by atoms with E-state index in [9.17, 15) is 0 Å². The summed E-state index contributed by atoms with van der Waals surface area (Å²) < 4.78 is 2.10. The number of benzene rings is 2. The molecule has 0 saturated heterocycles. The van der Waals surface area contributed by atoms with Crippen LogP contribution in [0.2, 0.25) is 0 Å². The molecule has 0 saturated carbocycles. The smallest absolute Gasteiger partial charge is 0.119 e. The van der Waals surface area contributed by atoms with E-state index in [0.29, 0.717) is 0 Å². The van der Waals surface area contributed by atoms with Crippen molar-refractivity contribution in [3.05, 3.63) is 72.4 Å². The minimum Gasteiger partial charge on any atom is -0.344 e. The van der Waals surface area contributed by atoms with Crippen molar-refractivity contribution in [3.8, 4) is 11.3 Å². The van der Waals surface area contributed by atoms with Gasteiger partial charge in [0.05, 0.1) is 11.9 Å². The molecule has 3 rings (SSSR count). The van der Waals surface area contributed by atoms with Crippen molar-refractivity contribution in [1.29, 1.82) is 0 Å². The van der Waals surface area contributed by atoms with Crippen LogP contribution < -0.4 is 4.57 Å². The molecule has 0 unspecified atom stereocenters. The van der Waals surface area contributed by atoms with Gasteiger partial charge in [-0.05, 0) is 28.8 Å². The SMILES string of the molecule is [CH-]=Cc1[c-]cc[n+](C)c1-c1c(C)ccc2ccccc12.[Y].